The van der Waals surface area contributed by atoms with E-state index in [9.17, 15) is 9.59 Å². The highest BCUT2D eigenvalue weighted by Gasteiger charge is 2.24. The Labute approximate surface area is 250 Å². The van der Waals surface area contributed by atoms with Crippen LogP contribution in [0.5, 0.6) is 0 Å². The molecule has 3 rings (SSSR count). The molecule has 0 saturated heterocycles. The SMILES string of the molecule is CCCCCCCCCCCCOC(=O)CCCC(=O)Nc1ccc(-c2nc3c(Cl)c(C(C)(C)C)[nH]n3n2)c(C)c1. The number of aromatic nitrogens is 4. The first kappa shape index (κ1) is 32.6. The van der Waals surface area contributed by atoms with E-state index in [1.165, 1.54) is 51.4 Å². The Morgan fingerprint density at radius 2 is 1.63 bits per heavy atom. The quantitative estimate of drug-likeness (QED) is 0.122. The van der Waals surface area contributed by atoms with Gasteiger partial charge in [-0.1, -0.05) is 97.1 Å². The number of fused-ring (bicyclic) bond motifs is 1. The first-order valence-corrected chi connectivity index (χ1v) is 15.7. The lowest BCUT2D eigenvalue weighted by molar-refractivity contribution is -0.143. The molecule has 0 atom stereocenters. The van der Waals surface area contributed by atoms with Gasteiger partial charge in [0, 0.05) is 29.5 Å². The number of anilines is 1. The zero-order valence-electron chi connectivity index (χ0n) is 25.6. The zero-order chi connectivity index (χ0) is 29.8. The Hall–Kier alpha value is -2.87. The molecule has 0 spiro atoms. The minimum Gasteiger partial charge on any atom is -0.466 e. The Kier molecular flexibility index (Phi) is 12.7. The third-order valence-electron chi connectivity index (χ3n) is 7.29. The van der Waals surface area contributed by atoms with E-state index < -0.39 is 0 Å². The molecule has 226 valence electrons. The van der Waals surface area contributed by atoms with Gasteiger partial charge < -0.3 is 10.1 Å². The molecule has 8 nitrogen and oxygen atoms in total. The summed E-state index contributed by atoms with van der Waals surface area (Å²) in [6.07, 6.45) is 13.4. The van der Waals surface area contributed by atoms with Gasteiger partial charge in [-0.3, -0.25) is 14.7 Å². The molecule has 2 aromatic heterocycles. The predicted molar refractivity (Wildman–Crippen MR) is 167 cm³/mol. The average Bonchev–Trinajstić information content (AvgIpc) is 3.46. The van der Waals surface area contributed by atoms with Crippen LogP contribution in [-0.2, 0) is 19.7 Å². The van der Waals surface area contributed by atoms with Crippen LogP contribution in [-0.4, -0.2) is 38.3 Å². The predicted octanol–water partition coefficient (Wildman–Crippen LogP) is 8.56. The van der Waals surface area contributed by atoms with Gasteiger partial charge in [-0.25, -0.2) is 4.98 Å². The highest BCUT2D eigenvalue weighted by molar-refractivity contribution is 6.34. The number of ether oxygens (including phenoxy) is 1. The molecule has 1 amide bonds. The number of amides is 1. The second-order valence-electron chi connectivity index (χ2n) is 12.1. The molecular formula is C32H48ClN5O3. The van der Waals surface area contributed by atoms with Crippen LogP contribution < -0.4 is 5.32 Å². The number of hydrogen-bond acceptors (Lipinski definition) is 5. The number of hydrogen-bond donors (Lipinski definition) is 2. The number of aryl methyl sites for hydroxylation is 1. The van der Waals surface area contributed by atoms with Crippen molar-refractivity contribution in [1.29, 1.82) is 0 Å². The molecule has 0 fully saturated rings. The molecule has 9 heteroatoms. The monoisotopic (exact) mass is 585 g/mol. The van der Waals surface area contributed by atoms with Crippen molar-refractivity contribution in [3.63, 3.8) is 0 Å². The Morgan fingerprint density at radius 1 is 0.976 bits per heavy atom. The standard InChI is InChI=1S/C32H48ClN5O3/c1-6-7-8-9-10-11-12-13-14-15-21-41-27(40)18-16-17-26(39)34-24-19-20-25(23(2)22-24)30-35-31-28(33)29(32(3,4)5)36-38(31)37-30/h19-20,22,36H,6-18,21H2,1-5H3,(H,34,39). The van der Waals surface area contributed by atoms with Gasteiger partial charge in [0.25, 0.3) is 0 Å². The fourth-order valence-corrected chi connectivity index (χ4v) is 5.31. The highest BCUT2D eigenvalue weighted by atomic mass is 35.5. The summed E-state index contributed by atoms with van der Waals surface area (Å²) in [5.41, 5.74) is 3.81. The van der Waals surface area contributed by atoms with Crippen molar-refractivity contribution >= 4 is 34.8 Å². The van der Waals surface area contributed by atoms with Crippen molar-refractivity contribution < 1.29 is 14.3 Å². The number of aromatic amines is 1. The summed E-state index contributed by atoms with van der Waals surface area (Å²) in [6.45, 7) is 10.9. The van der Waals surface area contributed by atoms with Crippen molar-refractivity contribution in [1.82, 2.24) is 19.8 Å². The van der Waals surface area contributed by atoms with Crippen LogP contribution in [0.3, 0.4) is 0 Å². The molecule has 0 bridgehead atoms. The molecule has 1 aromatic carbocycles. The van der Waals surface area contributed by atoms with Crippen molar-refractivity contribution in [2.24, 2.45) is 0 Å². The summed E-state index contributed by atoms with van der Waals surface area (Å²) in [5.74, 6) is 0.201. The third kappa shape index (κ3) is 10.2. The van der Waals surface area contributed by atoms with Crippen molar-refractivity contribution in [2.45, 2.75) is 124 Å². The minimum absolute atomic E-state index is 0.130. The summed E-state index contributed by atoms with van der Waals surface area (Å²) < 4.78 is 6.94. The summed E-state index contributed by atoms with van der Waals surface area (Å²) in [4.78, 5) is 29.1. The molecule has 2 N–H and O–H groups in total. The van der Waals surface area contributed by atoms with E-state index in [0.29, 0.717) is 35.2 Å². The molecule has 0 radical (unpaired) electrons. The summed E-state index contributed by atoms with van der Waals surface area (Å²) >= 11 is 6.56. The van der Waals surface area contributed by atoms with Gasteiger partial charge in [-0.05, 0) is 43.5 Å². The Balaban J connectivity index is 1.34. The van der Waals surface area contributed by atoms with Crippen molar-refractivity contribution in [3.05, 3.63) is 34.5 Å². The van der Waals surface area contributed by atoms with Crippen LogP contribution >= 0.6 is 11.6 Å². The van der Waals surface area contributed by atoms with E-state index in [1.54, 1.807) is 4.63 Å². The second kappa shape index (κ2) is 15.9. The van der Waals surface area contributed by atoms with E-state index in [4.69, 9.17) is 16.3 Å². The fraction of sp³-hybridized carbons (Fsp3) is 0.625. The van der Waals surface area contributed by atoms with Crippen LogP contribution in [0, 0.1) is 6.92 Å². The summed E-state index contributed by atoms with van der Waals surface area (Å²) in [7, 11) is 0. The van der Waals surface area contributed by atoms with Gasteiger partial charge in [0.05, 0.1) is 12.3 Å². The lowest BCUT2D eigenvalue weighted by atomic mass is 9.92. The van der Waals surface area contributed by atoms with Gasteiger partial charge in [-0.15, -0.1) is 5.10 Å². The zero-order valence-corrected chi connectivity index (χ0v) is 26.3. The highest BCUT2D eigenvalue weighted by Crippen LogP contribution is 2.32. The van der Waals surface area contributed by atoms with E-state index in [-0.39, 0.29) is 30.1 Å². The Morgan fingerprint density at radius 3 is 2.24 bits per heavy atom. The third-order valence-corrected chi connectivity index (χ3v) is 7.65. The molecular weight excluding hydrogens is 538 g/mol. The average molecular weight is 586 g/mol. The molecule has 3 aromatic rings. The van der Waals surface area contributed by atoms with E-state index in [2.05, 4.69) is 48.2 Å². The first-order valence-electron chi connectivity index (χ1n) is 15.3. The number of esters is 1. The number of nitrogens with zero attached hydrogens (tertiary/aromatic N) is 3. The number of H-pyrrole nitrogens is 1. The molecule has 2 heterocycles. The summed E-state index contributed by atoms with van der Waals surface area (Å²) in [5, 5.41) is 11.3. The minimum atomic E-state index is -0.229. The number of rotatable bonds is 17. The first-order chi connectivity index (χ1) is 19.6. The molecule has 0 saturated carbocycles. The number of benzene rings is 1. The number of unbranched alkanes of at least 4 members (excludes halogenated alkanes) is 9. The number of nitrogens with one attached hydrogen (secondary N) is 2. The van der Waals surface area contributed by atoms with Crippen LogP contribution in [0.25, 0.3) is 17.0 Å². The van der Waals surface area contributed by atoms with Gasteiger partial charge >= 0.3 is 5.97 Å². The largest absolute Gasteiger partial charge is 0.466 e. The lowest BCUT2D eigenvalue weighted by Gasteiger charge is -2.16. The number of carbonyl (C=O) groups excluding carboxylic acids is 2. The van der Waals surface area contributed by atoms with Crippen LogP contribution in [0.4, 0.5) is 5.69 Å². The maximum absolute atomic E-state index is 12.4. The smallest absolute Gasteiger partial charge is 0.305 e. The second-order valence-corrected chi connectivity index (χ2v) is 12.4. The van der Waals surface area contributed by atoms with E-state index >= 15 is 0 Å². The maximum Gasteiger partial charge on any atom is 0.305 e. The summed E-state index contributed by atoms with van der Waals surface area (Å²) in [6, 6.07) is 5.62. The molecule has 41 heavy (non-hydrogen) atoms. The van der Waals surface area contributed by atoms with Gasteiger partial charge in [0.1, 0.15) is 5.02 Å². The number of carbonyl (C=O) groups is 2. The van der Waals surface area contributed by atoms with Crippen molar-refractivity contribution in [3.8, 4) is 11.4 Å². The molecule has 0 unspecified atom stereocenters. The topological polar surface area (TPSA) is 101 Å². The normalized spacial score (nSPS) is 11.8. The Bertz CT molecular complexity index is 1270. The maximum atomic E-state index is 12.4. The number of halogens is 1. The molecule has 0 aliphatic rings. The van der Waals surface area contributed by atoms with Crippen LogP contribution in [0.15, 0.2) is 18.2 Å². The molecule has 0 aliphatic heterocycles. The van der Waals surface area contributed by atoms with Crippen LogP contribution in [0.1, 0.15) is 122 Å². The van der Waals surface area contributed by atoms with Gasteiger partial charge in [0.15, 0.2) is 11.5 Å². The van der Waals surface area contributed by atoms with E-state index in [1.807, 2.05) is 25.1 Å². The van der Waals surface area contributed by atoms with Gasteiger partial charge in [-0.2, -0.15) is 4.63 Å². The lowest BCUT2D eigenvalue weighted by Crippen LogP contribution is -2.13. The van der Waals surface area contributed by atoms with Crippen molar-refractivity contribution in [2.75, 3.05) is 11.9 Å². The molecule has 0 aliphatic carbocycles. The van der Waals surface area contributed by atoms with Gasteiger partial charge in [0.2, 0.25) is 5.91 Å². The van der Waals surface area contributed by atoms with E-state index in [0.717, 1.165) is 29.7 Å². The van der Waals surface area contributed by atoms with Crippen LogP contribution in [0.2, 0.25) is 5.02 Å². The fourth-order valence-electron chi connectivity index (χ4n) is 4.87.